The lowest BCUT2D eigenvalue weighted by atomic mass is 9.87. The summed E-state index contributed by atoms with van der Waals surface area (Å²) in [4.78, 5) is 0. The van der Waals surface area contributed by atoms with Gasteiger partial charge in [0.1, 0.15) is 13.2 Å². The summed E-state index contributed by atoms with van der Waals surface area (Å²) < 4.78 is 11.3. The molecule has 1 aliphatic heterocycles. The summed E-state index contributed by atoms with van der Waals surface area (Å²) >= 11 is 0. The van der Waals surface area contributed by atoms with Crippen molar-refractivity contribution < 1.29 is 14.6 Å². The maximum atomic E-state index is 9.69. The summed E-state index contributed by atoms with van der Waals surface area (Å²) in [6.07, 6.45) is 4.16. The molecule has 1 fully saturated rings. The molecule has 0 aromatic heterocycles. The van der Waals surface area contributed by atoms with Crippen LogP contribution < -0.4 is 14.8 Å². The molecule has 3 rings (SSSR count). The predicted octanol–water partition coefficient (Wildman–Crippen LogP) is 2.10. The van der Waals surface area contributed by atoms with Gasteiger partial charge in [0.05, 0.1) is 6.10 Å². The van der Waals surface area contributed by atoms with Gasteiger partial charge in [0.2, 0.25) is 0 Å². The number of hydrogen-bond acceptors (Lipinski definition) is 4. The largest absolute Gasteiger partial charge is 0.486 e. The summed E-state index contributed by atoms with van der Waals surface area (Å²) in [7, 11) is 0. The molecule has 1 saturated carbocycles. The molecule has 2 unspecified atom stereocenters. The van der Waals surface area contributed by atoms with Gasteiger partial charge in [0.15, 0.2) is 11.5 Å². The highest BCUT2D eigenvalue weighted by Crippen LogP contribution is 2.33. The van der Waals surface area contributed by atoms with Crippen LogP contribution in [0.15, 0.2) is 18.2 Å². The first-order valence-electron chi connectivity index (χ1n) is 7.59. The lowest BCUT2D eigenvalue weighted by molar-refractivity contribution is 0.100. The highest BCUT2D eigenvalue weighted by molar-refractivity contribution is 5.47. The predicted molar refractivity (Wildman–Crippen MR) is 77.1 cm³/mol. The van der Waals surface area contributed by atoms with Gasteiger partial charge >= 0.3 is 0 Å². The first-order chi connectivity index (χ1) is 9.83. The lowest BCUT2D eigenvalue weighted by Gasteiger charge is -2.26. The Hall–Kier alpha value is -1.26. The van der Waals surface area contributed by atoms with Gasteiger partial charge in [-0.2, -0.15) is 0 Å². The molecule has 1 aromatic rings. The number of ether oxygens (including phenoxy) is 2. The van der Waals surface area contributed by atoms with Gasteiger partial charge in [-0.3, -0.25) is 0 Å². The number of aliphatic hydroxyl groups is 1. The van der Waals surface area contributed by atoms with Crippen molar-refractivity contribution in [3.8, 4) is 11.5 Å². The average molecular weight is 277 g/mol. The van der Waals surface area contributed by atoms with Crippen LogP contribution in [0, 0.1) is 5.92 Å². The molecule has 4 heteroatoms. The molecule has 110 valence electrons. The molecule has 0 spiro atoms. The quantitative estimate of drug-likeness (QED) is 0.885. The Labute approximate surface area is 120 Å². The maximum Gasteiger partial charge on any atom is 0.165 e. The minimum absolute atomic E-state index is 0.100. The number of benzene rings is 1. The molecule has 0 saturated heterocycles. The van der Waals surface area contributed by atoms with Crippen molar-refractivity contribution in [2.75, 3.05) is 19.8 Å². The third-order valence-electron chi connectivity index (χ3n) is 4.15. The van der Waals surface area contributed by atoms with Crippen molar-refractivity contribution in [3.05, 3.63) is 23.8 Å². The Morgan fingerprint density at radius 1 is 1.20 bits per heavy atom. The summed E-state index contributed by atoms with van der Waals surface area (Å²) in [6, 6.07) is 6.04. The van der Waals surface area contributed by atoms with Crippen LogP contribution in [0.3, 0.4) is 0 Å². The molecular weight excluding hydrogens is 254 g/mol. The van der Waals surface area contributed by atoms with E-state index in [1.54, 1.807) is 0 Å². The zero-order chi connectivity index (χ0) is 13.8. The van der Waals surface area contributed by atoms with E-state index in [4.69, 9.17) is 9.47 Å². The average Bonchev–Trinajstić information content (AvgIpc) is 2.48. The third kappa shape index (κ3) is 3.25. The van der Waals surface area contributed by atoms with E-state index >= 15 is 0 Å². The molecule has 2 N–H and O–H groups in total. The van der Waals surface area contributed by atoms with E-state index in [-0.39, 0.29) is 6.10 Å². The molecule has 20 heavy (non-hydrogen) atoms. The van der Waals surface area contributed by atoms with Gasteiger partial charge in [-0.1, -0.05) is 18.6 Å². The fraction of sp³-hybridized carbons (Fsp3) is 0.625. The summed E-state index contributed by atoms with van der Waals surface area (Å²) in [5.74, 6) is 2.33. The molecule has 0 bridgehead atoms. The fourth-order valence-electron chi connectivity index (χ4n) is 3.13. The minimum atomic E-state index is -0.100. The molecule has 2 aliphatic rings. The minimum Gasteiger partial charge on any atom is -0.486 e. The molecule has 4 nitrogen and oxygen atoms in total. The van der Waals surface area contributed by atoms with E-state index in [0.29, 0.717) is 19.1 Å². The van der Waals surface area contributed by atoms with Crippen molar-refractivity contribution in [1.82, 2.24) is 5.32 Å². The van der Waals surface area contributed by atoms with Gasteiger partial charge < -0.3 is 19.9 Å². The number of hydrogen-bond donors (Lipinski definition) is 2. The smallest absolute Gasteiger partial charge is 0.165 e. The number of rotatable bonds is 4. The van der Waals surface area contributed by atoms with E-state index in [2.05, 4.69) is 11.4 Å². The first kappa shape index (κ1) is 13.7. The van der Waals surface area contributed by atoms with Crippen molar-refractivity contribution in [1.29, 1.82) is 0 Å². The molecular formula is C16H23NO3. The number of fused-ring (bicyclic) bond motifs is 1. The van der Waals surface area contributed by atoms with Crippen LogP contribution in [0.2, 0.25) is 0 Å². The van der Waals surface area contributed by atoms with E-state index in [9.17, 15) is 5.11 Å². The number of para-hydroxylation sites is 1. The van der Waals surface area contributed by atoms with Crippen LogP contribution in [0.4, 0.5) is 0 Å². The second-order valence-corrected chi connectivity index (χ2v) is 5.76. The van der Waals surface area contributed by atoms with Crippen LogP contribution in [0.25, 0.3) is 0 Å². The molecule has 0 amide bonds. The second-order valence-electron chi connectivity index (χ2n) is 5.76. The molecule has 2 atom stereocenters. The van der Waals surface area contributed by atoms with E-state index in [0.717, 1.165) is 49.4 Å². The highest BCUT2D eigenvalue weighted by atomic mass is 16.6. The number of nitrogens with one attached hydrogen (secondary N) is 1. The van der Waals surface area contributed by atoms with Gasteiger partial charge in [-0.25, -0.2) is 0 Å². The molecule has 1 heterocycles. The van der Waals surface area contributed by atoms with Crippen LogP contribution in [0.5, 0.6) is 11.5 Å². The highest BCUT2D eigenvalue weighted by Gasteiger charge is 2.20. The molecule has 1 aliphatic carbocycles. The Morgan fingerprint density at radius 2 is 2.10 bits per heavy atom. The maximum absolute atomic E-state index is 9.69. The lowest BCUT2D eigenvalue weighted by Crippen LogP contribution is -2.29. The van der Waals surface area contributed by atoms with E-state index < -0.39 is 0 Å². The van der Waals surface area contributed by atoms with Crippen molar-refractivity contribution in [2.24, 2.45) is 5.92 Å². The van der Waals surface area contributed by atoms with Gasteiger partial charge in [0.25, 0.3) is 0 Å². The standard InChI is InChI=1S/C16H23NO3/c18-14-5-1-3-12(9-14)10-17-11-13-4-2-6-15-16(13)20-8-7-19-15/h2,4,6,12,14,17-18H,1,3,5,7-11H2. The summed E-state index contributed by atoms with van der Waals surface area (Å²) in [6.45, 7) is 3.00. The summed E-state index contributed by atoms with van der Waals surface area (Å²) in [5.41, 5.74) is 1.15. The van der Waals surface area contributed by atoms with Crippen LogP contribution >= 0.6 is 0 Å². The Bertz CT molecular complexity index is 449. The van der Waals surface area contributed by atoms with Crippen LogP contribution in [-0.4, -0.2) is 31.0 Å². The number of aliphatic hydroxyl groups excluding tert-OH is 1. The second kappa shape index (κ2) is 6.46. The van der Waals surface area contributed by atoms with Crippen LogP contribution in [-0.2, 0) is 6.54 Å². The van der Waals surface area contributed by atoms with E-state index in [1.807, 2.05) is 12.1 Å². The molecule has 0 radical (unpaired) electrons. The van der Waals surface area contributed by atoms with E-state index in [1.165, 1.54) is 6.42 Å². The summed E-state index contributed by atoms with van der Waals surface area (Å²) in [5, 5.41) is 13.2. The SMILES string of the molecule is OC1CCCC(CNCc2cccc3c2OCCO3)C1. The normalized spacial score (nSPS) is 25.4. The first-order valence-corrected chi connectivity index (χ1v) is 7.59. The topological polar surface area (TPSA) is 50.7 Å². The van der Waals surface area contributed by atoms with Crippen LogP contribution in [0.1, 0.15) is 31.2 Å². The zero-order valence-corrected chi connectivity index (χ0v) is 11.8. The fourth-order valence-corrected chi connectivity index (χ4v) is 3.13. The Balaban J connectivity index is 1.53. The monoisotopic (exact) mass is 277 g/mol. The van der Waals surface area contributed by atoms with Gasteiger partial charge in [-0.15, -0.1) is 0 Å². The Morgan fingerprint density at radius 3 is 3.00 bits per heavy atom. The van der Waals surface area contributed by atoms with Crippen molar-refractivity contribution in [2.45, 2.75) is 38.3 Å². The van der Waals surface area contributed by atoms with Gasteiger partial charge in [-0.05, 0) is 37.8 Å². The van der Waals surface area contributed by atoms with Crippen molar-refractivity contribution >= 4 is 0 Å². The molecule has 1 aromatic carbocycles. The third-order valence-corrected chi connectivity index (χ3v) is 4.15. The Kier molecular flexibility index (Phi) is 4.43. The zero-order valence-electron chi connectivity index (χ0n) is 11.8. The van der Waals surface area contributed by atoms with Gasteiger partial charge in [0, 0.05) is 12.1 Å². The van der Waals surface area contributed by atoms with Crippen molar-refractivity contribution in [3.63, 3.8) is 0 Å².